The van der Waals surface area contributed by atoms with Crippen LogP contribution in [0.2, 0.25) is 0 Å². The molecule has 1 unspecified atom stereocenters. The largest absolute Gasteiger partial charge is 0.487 e. The summed E-state index contributed by atoms with van der Waals surface area (Å²) in [4.78, 5) is 4.18. The fourth-order valence-electron chi connectivity index (χ4n) is 1.45. The highest BCUT2D eigenvalue weighted by Gasteiger charge is 2.15. The molecule has 1 saturated heterocycles. The van der Waals surface area contributed by atoms with Gasteiger partial charge in [0.2, 0.25) is 0 Å². The first-order valence-corrected chi connectivity index (χ1v) is 4.64. The van der Waals surface area contributed by atoms with E-state index in [1.807, 2.05) is 19.1 Å². The highest BCUT2D eigenvalue weighted by Crippen LogP contribution is 2.13. The molecule has 2 heterocycles. The van der Waals surface area contributed by atoms with Crippen LogP contribution in [-0.2, 0) is 0 Å². The number of aryl methyl sites for hydroxylation is 1. The topological polar surface area (TPSA) is 34.1 Å². The lowest BCUT2D eigenvalue weighted by molar-refractivity contribution is 0.222. The summed E-state index contributed by atoms with van der Waals surface area (Å²) in [6, 6.07) is 3.94. The number of nitrogens with one attached hydrogen (secondary N) is 1. The summed E-state index contributed by atoms with van der Waals surface area (Å²) in [7, 11) is 0. The minimum Gasteiger partial charge on any atom is -0.487 e. The van der Waals surface area contributed by atoms with E-state index in [4.69, 9.17) is 4.74 Å². The molecule has 1 aromatic rings. The van der Waals surface area contributed by atoms with Gasteiger partial charge in [-0.1, -0.05) is 0 Å². The summed E-state index contributed by atoms with van der Waals surface area (Å²) >= 11 is 0. The van der Waals surface area contributed by atoms with Gasteiger partial charge in [-0.05, 0) is 32.0 Å². The first-order chi connectivity index (χ1) is 6.34. The number of halogens is 1. The van der Waals surface area contributed by atoms with Crippen LogP contribution in [0.25, 0.3) is 0 Å². The molecule has 1 atom stereocenters. The van der Waals surface area contributed by atoms with Crippen molar-refractivity contribution in [1.82, 2.24) is 10.3 Å². The summed E-state index contributed by atoms with van der Waals surface area (Å²) in [5.41, 5.74) is 1.02. The van der Waals surface area contributed by atoms with E-state index in [0.717, 1.165) is 31.0 Å². The third-order valence-electron chi connectivity index (χ3n) is 2.20. The van der Waals surface area contributed by atoms with Crippen LogP contribution in [0.15, 0.2) is 18.3 Å². The van der Waals surface area contributed by atoms with Crippen molar-refractivity contribution in [2.45, 2.75) is 19.4 Å². The Hall–Kier alpha value is -0.800. The molecular weight excluding hydrogens is 200 g/mol. The lowest BCUT2D eigenvalue weighted by Gasteiger charge is -2.11. The van der Waals surface area contributed by atoms with Gasteiger partial charge in [-0.2, -0.15) is 0 Å². The van der Waals surface area contributed by atoms with Crippen molar-refractivity contribution in [3.05, 3.63) is 24.0 Å². The Kier molecular flexibility index (Phi) is 4.17. The predicted molar refractivity (Wildman–Crippen MR) is 58.1 cm³/mol. The molecule has 0 amide bonds. The van der Waals surface area contributed by atoms with Gasteiger partial charge in [0.15, 0.2) is 0 Å². The summed E-state index contributed by atoms with van der Waals surface area (Å²) in [5, 5.41) is 3.26. The fourth-order valence-corrected chi connectivity index (χ4v) is 1.45. The van der Waals surface area contributed by atoms with Crippen LogP contribution in [0.1, 0.15) is 12.1 Å². The van der Waals surface area contributed by atoms with Gasteiger partial charge in [0, 0.05) is 12.2 Å². The van der Waals surface area contributed by atoms with E-state index in [1.54, 1.807) is 6.20 Å². The van der Waals surface area contributed by atoms with Crippen LogP contribution in [-0.4, -0.2) is 24.2 Å². The van der Waals surface area contributed by atoms with Crippen LogP contribution in [0.4, 0.5) is 0 Å². The van der Waals surface area contributed by atoms with E-state index >= 15 is 0 Å². The second-order valence-electron chi connectivity index (χ2n) is 3.37. The van der Waals surface area contributed by atoms with Crippen LogP contribution in [0, 0.1) is 6.92 Å². The summed E-state index contributed by atoms with van der Waals surface area (Å²) < 4.78 is 5.71. The number of aromatic nitrogens is 1. The smallest absolute Gasteiger partial charge is 0.138 e. The number of hydrogen-bond acceptors (Lipinski definition) is 3. The van der Waals surface area contributed by atoms with Crippen molar-refractivity contribution in [1.29, 1.82) is 0 Å². The SMILES string of the molecule is Cc1ccc(OC2CCNC2)cn1.Cl. The Balaban J connectivity index is 0.000000980. The zero-order valence-corrected chi connectivity index (χ0v) is 9.01. The van der Waals surface area contributed by atoms with Gasteiger partial charge in [0.25, 0.3) is 0 Å². The Labute approximate surface area is 90.3 Å². The molecule has 0 spiro atoms. The van der Waals surface area contributed by atoms with Crippen molar-refractivity contribution in [2.75, 3.05) is 13.1 Å². The lowest BCUT2D eigenvalue weighted by Crippen LogP contribution is -2.19. The Bertz CT molecular complexity index is 270. The maximum Gasteiger partial charge on any atom is 0.138 e. The zero-order valence-electron chi connectivity index (χ0n) is 8.19. The Morgan fingerprint density at radius 2 is 2.36 bits per heavy atom. The molecule has 1 fully saturated rings. The molecule has 3 nitrogen and oxygen atoms in total. The number of hydrogen-bond donors (Lipinski definition) is 1. The standard InChI is InChI=1S/C10H14N2O.ClH/c1-8-2-3-9(7-12-8)13-10-4-5-11-6-10;/h2-3,7,10-11H,4-6H2,1H3;1H. The van der Waals surface area contributed by atoms with E-state index in [0.29, 0.717) is 6.10 Å². The first-order valence-electron chi connectivity index (χ1n) is 4.64. The molecule has 0 aromatic carbocycles. The van der Waals surface area contributed by atoms with Crippen molar-refractivity contribution >= 4 is 12.4 Å². The number of ether oxygens (including phenoxy) is 1. The summed E-state index contributed by atoms with van der Waals surface area (Å²) in [6.07, 6.45) is 3.20. The van der Waals surface area contributed by atoms with Gasteiger partial charge in [-0.3, -0.25) is 4.98 Å². The fraction of sp³-hybridized carbons (Fsp3) is 0.500. The Morgan fingerprint density at radius 1 is 1.50 bits per heavy atom. The second-order valence-corrected chi connectivity index (χ2v) is 3.37. The van der Waals surface area contributed by atoms with Crippen molar-refractivity contribution < 1.29 is 4.74 Å². The minimum atomic E-state index is 0. The maximum atomic E-state index is 5.71. The first kappa shape index (κ1) is 11.3. The van der Waals surface area contributed by atoms with E-state index in [1.165, 1.54) is 0 Å². The number of rotatable bonds is 2. The lowest BCUT2D eigenvalue weighted by atomic mass is 10.3. The molecule has 14 heavy (non-hydrogen) atoms. The zero-order chi connectivity index (χ0) is 9.10. The average molecular weight is 215 g/mol. The number of nitrogens with zero attached hydrogens (tertiary/aromatic N) is 1. The Morgan fingerprint density at radius 3 is 2.93 bits per heavy atom. The molecule has 0 aliphatic carbocycles. The minimum absolute atomic E-state index is 0. The van der Waals surface area contributed by atoms with Gasteiger partial charge in [0.1, 0.15) is 11.9 Å². The highest BCUT2D eigenvalue weighted by molar-refractivity contribution is 5.85. The van der Waals surface area contributed by atoms with Crippen LogP contribution in [0.5, 0.6) is 5.75 Å². The van der Waals surface area contributed by atoms with E-state index in [2.05, 4.69) is 10.3 Å². The van der Waals surface area contributed by atoms with Gasteiger partial charge in [0.05, 0.1) is 6.20 Å². The van der Waals surface area contributed by atoms with Crippen molar-refractivity contribution in [3.8, 4) is 5.75 Å². The third-order valence-corrected chi connectivity index (χ3v) is 2.20. The average Bonchev–Trinajstić information content (AvgIpc) is 2.62. The van der Waals surface area contributed by atoms with Gasteiger partial charge in [-0.15, -0.1) is 12.4 Å². The molecule has 1 N–H and O–H groups in total. The van der Waals surface area contributed by atoms with E-state index < -0.39 is 0 Å². The van der Waals surface area contributed by atoms with Crippen LogP contribution in [0.3, 0.4) is 0 Å². The molecule has 1 aliphatic rings. The van der Waals surface area contributed by atoms with Crippen molar-refractivity contribution in [3.63, 3.8) is 0 Å². The van der Waals surface area contributed by atoms with Crippen LogP contribution >= 0.6 is 12.4 Å². The molecule has 1 aromatic heterocycles. The monoisotopic (exact) mass is 214 g/mol. The highest BCUT2D eigenvalue weighted by atomic mass is 35.5. The summed E-state index contributed by atoms with van der Waals surface area (Å²) in [6.45, 7) is 3.98. The molecule has 1 aliphatic heterocycles. The normalized spacial score (nSPS) is 20.2. The molecule has 2 rings (SSSR count). The van der Waals surface area contributed by atoms with Gasteiger partial charge >= 0.3 is 0 Å². The molecule has 78 valence electrons. The van der Waals surface area contributed by atoms with Crippen molar-refractivity contribution in [2.24, 2.45) is 0 Å². The molecular formula is C10H15ClN2O. The maximum absolute atomic E-state index is 5.71. The second kappa shape index (κ2) is 5.17. The van der Waals surface area contributed by atoms with E-state index in [-0.39, 0.29) is 12.4 Å². The number of pyridine rings is 1. The molecule has 0 radical (unpaired) electrons. The molecule has 0 bridgehead atoms. The van der Waals surface area contributed by atoms with Crippen LogP contribution < -0.4 is 10.1 Å². The van der Waals surface area contributed by atoms with Gasteiger partial charge in [-0.25, -0.2) is 0 Å². The quantitative estimate of drug-likeness (QED) is 0.811. The van der Waals surface area contributed by atoms with Gasteiger partial charge < -0.3 is 10.1 Å². The predicted octanol–water partition coefficient (Wildman–Crippen LogP) is 1.55. The summed E-state index contributed by atoms with van der Waals surface area (Å²) in [5.74, 6) is 0.874. The molecule has 0 saturated carbocycles. The van der Waals surface area contributed by atoms with E-state index in [9.17, 15) is 0 Å². The molecule has 4 heteroatoms. The third kappa shape index (κ3) is 2.86.